The molecule has 0 radical (unpaired) electrons. The number of benzene rings is 1. The van der Waals surface area contributed by atoms with E-state index in [1.807, 2.05) is 12.1 Å². The van der Waals surface area contributed by atoms with Crippen molar-refractivity contribution in [1.82, 2.24) is 0 Å². The fourth-order valence-electron chi connectivity index (χ4n) is 3.91. The van der Waals surface area contributed by atoms with E-state index in [0.717, 1.165) is 18.4 Å². The maximum atomic E-state index is 9.59. The Morgan fingerprint density at radius 3 is 2.33 bits per heavy atom. The van der Waals surface area contributed by atoms with Gasteiger partial charge in [-0.1, -0.05) is 42.1 Å². The molecule has 0 bridgehead atoms. The zero-order valence-corrected chi connectivity index (χ0v) is 11.7. The zero-order chi connectivity index (χ0) is 12.8. The Balaban J connectivity index is 1.93. The van der Waals surface area contributed by atoms with Crippen LogP contribution in [0.1, 0.15) is 44.1 Å². The Morgan fingerprint density at radius 2 is 1.78 bits per heavy atom. The fourth-order valence-corrected chi connectivity index (χ4v) is 4.50. The van der Waals surface area contributed by atoms with Gasteiger partial charge in [-0.2, -0.15) is 5.26 Å². The van der Waals surface area contributed by atoms with Crippen LogP contribution in [-0.4, -0.2) is 0 Å². The van der Waals surface area contributed by atoms with Crippen LogP contribution in [0, 0.1) is 16.7 Å². The smallest absolute Gasteiger partial charge is 0.0847 e. The minimum atomic E-state index is -0.369. The quantitative estimate of drug-likeness (QED) is 0.701. The molecule has 2 aliphatic carbocycles. The molecule has 3 heteroatoms. The summed E-state index contributed by atoms with van der Waals surface area (Å²) in [5, 5.41) is 10.9. The standard InChI is InChI=1S/C15H15Cl2N/c16-11-3-4-12(13(17)7-11)15(10-18)8-14(9-15)5-1-2-6-14/h3-4,7H,1-2,5-6,8-9H2. The van der Waals surface area contributed by atoms with Gasteiger partial charge in [-0.15, -0.1) is 0 Å². The van der Waals surface area contributed by atoms with E-state index in [9.17, 15) is 5.26 Å². The summed E-state index contributed by atoms with van der Waals surface area (Å²) >= 11 is 12.2. The molecule has 94 valence electrons. The van der Waals surface area contributed by atoms with Crippen molar-refractivity contribution >= 4 is 23.2 Å². The predicted octanol–water partition coefficient (Wildman–Crippen LogP) is 5.11. The van der Waals surface area contributed by atoms with Crippen molar-refractivity contribution in [2.45, 2.75) is 43.9 Å². The SMILES string of the molecule is N#CC1(c2ccc(Cl)cc2Cl)CC2(CCCC2)C1. The van der Waals surface area contributed by atoms with E-state index in [1.165, 1.54) is 25.7 Å². The molecule has 0 atom stereocenters. The monoisotopic (exact) mass is 279 g/mol. The minimum absolute atomic E-state index is 0.369. The highest BCUT2D eigenvalue weighted by atomic mass is 35.5. The van der Waals surface area contributed by atoms with Crippen LogP contribution in [0.3, 0.4) is 0 Å². The second-order valence-corrected chi connectivity index (χ2v) is 6.72. The molecular weight excluding hydrogens is 265 g/mol. The molecule has 2 saturated carbocycles. The summed E-state index contributed by atoms with van der Waals surface area (Å²) < 4.78 is 0. The zero-order valence-electron chi connectivity index (χ0n) is 10.2. The maximum absolute atomic E-state index is 9.59. The van der Waals surface area contributed by atoms with Gasteiger partial charge in [0.05, 0.1) is 11.5 Å². The third-order valence-corrected chi connectivity index (χ3v) is 5.23. The van der Waals surface area contributed by atoms with Crippen LogP contribution in [0.15, 0.2) is 18.2 Å². The number of nitrogens with zero attached hydrogens (tertiary/aromatic N) is 1. The van der Waals surface area contributed by atoms with E-state index in [-0.39, 0.29) is 5.41 Å². The lowest BCUT2D eigenvalue weighted by molar-refractivity contribution is 0.0649. The van der Waals surface area contributed by atoms with Gasteiger partial charge in [0.1, 0.15) is 0 Å². The average Bonchev–Trinajstić information content (AvgIpc) is 2.76. The first-order valence-electron chi connectivity index (χ1n) is 6.46. The van der Waals surface area contributed by atoms with Gasteiger partial charge in [-0.3, -0.25) is 0 Å². The molecule has 0 saturated heterocycles. The van der Waals surface area contributed by atoms with Gasteiger partial charge >= 0.3 is 0 Å². The van der Waals surface area contributed by atoms with E-state index in [1.54, 1.807) is 6.07 Å². The Kier molecular flexibility index (Phi) is 2.84. The van der Waals surface area contributed by atoms with Crippen LogP contribution in [0.25, 0.3) is 0 Å². The average molecular weight is 280 g/mol. The Morgan fingerprint density at radius 1 is 1.11 bits per heavy atom. The number of hydrogen-bond acceptors (Lipinski definition) is 1. The number of hydrogen-bond donors (Lipinski definition) is 0. The third kappa shape index (κ3) is 1.75. The molecule has 3 rings (SSSR count). The van der Waals surface area contributed by atoms with Crippen molar-refractivity contribution in [3.63, 3.8) is 0 Å². The highest BCUT2D eigenvalue weighted by Crippen LogP contribution is 2.63. The van der Waals surface area contributed by atoms with E-state index < -0.39 is 0 Å². The maximum Gasteiger partial charge on any atom is 0.0847 e. The van der Waals surface area contributed by atoms with Crippen molar-refractivity contribution in [2.75, 3.05) is 0 Å². The van der Waals surface area contributed by atoms with Crippen molar-refractivity contribution in [3.05, 3.63) is 33.8 Å². The second-order valence-electron chi connectivity index (χ2n) is 5.88. The van der Waals surface area contributed by atoms with Crippen molar-refractivity contribution in [1.29, 1.82) is 5.26 Å². The summed E-state index contributed by atoms with van der Waals surface area (Å²) in [4.78, 5) is 0. The summed E-state index contributed by atoms with van der Waals surface area (Å²) in [5.41, 5.74) is 1.03. The second kappa shape index (κ2) is 4.15. The lowest BCUT2D eigenvalue weighted by atomic mass is 9.50. The minimum Gasteiger partial charge on any atom is -0.197 e. The van der Waals surface area contributed by atoms with E-state index >= 15 is 0 Å². The number of rotatable bonds is 1. The lowest BCUT2D eigenvalue weighted by Crippen LogP contribution is -2.47. The first-order valence-corrected chi connectivity index (χ1v) is 7.22. The Bertz CT molecular complexity index is 516. The molecular formula is C15H15Cl2N. The molecule has 18 heavy (non-hydrogen) atoms. The summed E-state index contributed by atoms with van der Waals surface area (Å²) in [6, 6.07) is 8.02. The summed E-state index contributed by atoms with van der Waals surface area (Å²) in [6.45, 7) is 0. The molecule has 0 aromatic heterocycles. The van der Waals surface area contributed by atoms with Gasteiger partial charge in [0.15, 0.2) is 0 Å². The molecule has 0 aliphatic heterocycles. The van der Waals surface area contributed by atoms with Crippen molar-refractivity contribution in [3.8, 4) is 6.07 Å². The van der Waals surface area contributed by atoms with Crippen LogP contribution in [0.4, 0.5) is 0 Å². The highest BCUT2D eigenvalue weighted by Gasteiger charge is 2.56. The van der Waals surface area contributed by atoms with E-state index in [4.69, 9.17) is 23.2 Å². The lowest BCUT2D eigenvalue weighted by Gasteiger charge is -2.51. The summed E-state index contributed by atoms with van der Waals surface area (Å²) in [6.07, 6.45) is 7.13. The molecule has 1 aromatic carbocycles. The van der Waals surface area contributed by atoms with Gasteiger partial charge in [0.25, 0.3) is 0 Å². The van der Waals surface area contributed by atoms with Gasteiger partial charge in [0.2, 0.25) is 0 Å². The van der Waals surface area contributed by atoms with Gasteiger partial charge < -0.3 is 0 Å². The Hall–Kier alpha value is -0.710. The largest absolute Gasteiger partial charge is 0.197 e. The normalized spacial score (nSPS) is 23.6. The van der Waals surface area contributed by atoms with Gasteiger partial charge in [-0.25, -0.2) is 0 Å². The summed E-state index contributed by atoms with van der Waals surface area (Å²) in [7, 11) is 0. The molecule has 0 unspecified atom stereocenters. The fraction of sp³-hybridized carbons (Fsp3) is 0.533. The van der Waals surface area contributed by atoms with Crippen LogP contribution in [-0.2, 0) is 5.41 Å². The first kappa shape index (κ1) is 12.3. The molecule has 1 aromatic rings. The van der Waals surface area contributed by atoms with Crippen LogP contribution < -0.4 is 0 Å². The number of nitriles is 1. The third-order valence-electron chi connectivity index (χ3n) is 4.68. The summed E-state index contributed by atoms with van der Waals surface area (Å²) in [5.74, 6) is 0. The molecule has 0 amide bonds. The van der Waals surface area contributed by atoms with Crippen LogP contribution in [0.2, 0.25) is 10.0 Å². The molecule has 1 nitrogen and oxygen atoms in total. The number of halogens is 2. The van der Waals surface area contributed by atoms with E-state index in [0.29, 0.717) is 15.5 Å². The van der Waals surface area contributed by atoms with Gasteiger partial charge in [-0.05, 0) is 48.8 Å². The topological polar surface area (TPSA) is 23.8 Å². The highest BCUT2D eigenvalue weighted by molar-refractivity contribution is 6.35. The van der Waals surface area contributed by atoms with E-state index in [2.05, 4.69) is 6.07 Å². The molecule has 2 fully saturated rings. The molecule has 0 heterocycles. The molecule has 1 spiro atoms. The first-order chi connectivity index (χ1) is 8.59. The molecule has 0 N–H and O–H groups in total. The Labute approximate surface area is 118 Å². The predicted molar refractivity (Wildman–Crippen MR) is 73.9 cm³/mol. The van der Waals surface area contributed by atoms with Crippen LogP contribution in [0.5, 0.6) is 0 Å². The van der Waals surface area contributed by atoms with Gasteiger partial charge in [0, 0.05) is 10.0 Å². The van der Waals surface area contributed by atoms with Crippen molar-refractivity contribution < 1.29 is 0 Å². The van der Waals surface area contributed by atoms with Crippen LogP contribution >= 0.6 is 23.2 Å². The molecule has 2 aliphatic rings. The van der Waals surface area contributed by atoms with Crippen molar-refractivity contribution in [2.24, 2.45) is 5.41 Å².